The van der Waals surface area contributed by atoms with Crippen LogP contribution in [-0.2, 0) is 6.54 Å². The Morgan fingerprint density at radius 3 is 2.70 bits per heavy atom. The minimum atomic E-state index is 0.719. The van der Waals surface area contributed by atoms with E-state index in [2.05, 4.69) is 42.2 Å². The van der Waals surface area contributed by atoms with Crippen LogP contribution in [0.25, 0.3) is 0 Å². The fourth-order valence-corrected chi connectivity index (χ4v) is 3.12. The van der Waals surface area contributed by atoms with Gasteiger partial charge in [0.2, 0.25) is 0 Å². The van der Waals surface area contributed by atoms with E-state index in [4.69, 9.17) is 0 Å². The van der Waals surface area contributed by atoms with Crippen molar-refractivity contribution in [3.05, 3.63) is 29.6 Å². The van der Waals surface area contributed by atoms with Crippen LogP contribution >= 0.6 is 0 Å². The topological polar surface area (TPSA) is 28.2 Å². The Kier molecular flexibility index (Phi) is 5.99. The monoisotopic (exact) mass is 275 g/mol. The van der Waals surface area contributed by atoms with Gasteiger partial charge in [-0.1, -0.05) is 13.0 Å². The predicted octanol–water partition coefficient (Wildman–Crippen LogP) is 3.13. The summed E-state index contributed by atoms with van der Waals surface area (Å²) in [5, 5.41) is 3.66. The number of hydrogen-bond donors (Lipinski definition) is 1. The molecule has 2 rings (SSSR count). The zero-order chi connectivity index (χ0) is 14.4. The number of pyridine rings is 1. The molecule has 112 valence electrons. The second-order valence-corrected chi connectivity index (χ2v) is 6.14. The molecule has 0 spiro atoms. The van der Waals surface area contributed by atoms with Crippen LogP contribution in [0.5, 0.6) is 0 Å². The molecule has 3 heteroatoms. The van der Waals surface area contributed by atoms with Crippen molar-refractivity contribution in [1.82, 2.24) is 15.2 Å². The maximum absolute atomic E-state index is 4.51. The molecule has 1 fully saturated rings. The molecule has 0 unspecified atom stereocenters. The molecule has 1 N–H and O–H groups in total. The Morgan fingerprint density at radius 2 is 2.05 bits per heavy atom. The normalized spacial score (nSPS) is 23.2. The second-order valence-electron chi connectivity index (χ2n) is 6.14. The maximum atomic E-state index is 4.51. The SMILES string of the molecule is CCCNC1CCC(N(C)Cc2ncccc2C)CC1. The molecule has 3 nitrogen and oxygen atoms in total. The van der Waals surface area contributed by atoms with Gasteiger partial charge in [-0.3, -0.25) is 9.88 Å². The smallest absolute Gasteiger partial charge is 0.0573 e. The van der Waals surface area contributed by atoms with Crippen molar-refractivity contribution in [2.24, 2.45) is 0 Å². The molecule has 1 aliphatic carbocycles. The molecule has 0 aromatic carbocycles. The summed E-state index contributed by atoms with van der Waals surface area (Å²) in [6.07, 6.45) is 8.39. The van der Waals surface area contributed by atoms with Crippen molar-refractivity contribution in [2.75, 3.05) is 13.6 Å². The lowest BCUT2D eigenvalue weighted by molar-refractivity contribution is 0.166. The summed E-state index contributed by atoms with van der Waals surface area (Å²) >= 11 is 0. The van der Waals surface area contributed by atoms with Crippen LogP contribution < -0.4 is 5.32 Å². The molecule has 1 aromatic heterocycles. The highest BCUT2D eigenvalue weighted by molar-refractivity contribution is 5.17. The average Bonchev–Trinajstić information content (AvgIpc) is 2.48. The van der Waals surface area contributed by atoms with E-state index in [9.17, 15) is 0 Å². The molecule has 0 saturated heterocycles. The Morgan fingerprint density at radius 1 is 1.30 bits per heavy atom. The van der Waals surface area contributed by atoms with E-state index in [-0.39, 0.29) is 0 Å². The van der Waals surface area contributed by atoms with Gasteiger partial charge in [-0.2, -0.15) is 0 Å². The predicted molar refractivity (Wildman–Crippen MR) is 84.8 cm³/mol. The molecule has 0 amide bonds. The molecule has 20 heavy (non-hydrogen) atoms. The number of nitrogens with one attached hydrogen (secondary N) is 1. The first-order chi connectivity index (χ1) is 9.70. The van der Waals surface area contributed by atoms with E-state index in [0.717, 1.165) is 25.2 Å². The molecule has 1 aliphatic rings. The zero-order valence-electron chi connectivity index (χ0n) is 13.2. The van der Waals surface area contributed by atoms with Gasteiger partial charge < -0.3 is 5.32 Å². The van der Waals surface area contributed by atoms with Crippen LogP contribution in [0.2, 0.25) is 0 Å². The summed E-state index contributed by atoms with van der Waals surface area (Å²) in [4.78, 5) is 7.01. The van der Waals surface area contributed by atoms with E-state index < -0.39 is 0 Å². The number of nitrogens with zero attached hydrogens (tertiary/aromatic N) is 2. The van der Waals surface area contributed by atoms with E-state index in [0.29, 0.717) is 0 Å². The zero-order valence-corrected chi connectivity index (χ0v) is 13.2. The van der Waals surface area contributed by atoms with Crippen LogP contribution in [0, 0.1) is 6.92 Å². The van der Waals surface area contributed by atoms with Gasteiger partial charge in [-0.15, -0.1) is 0 Å². The van der Waals surface area contributed by atoms with E-state index in [1.807, 2.05) is 12.3 Å². The summed E-state index contributed by atoms with van der Waals surface area (Å²) < 4.78 is 0. The molecule has 1 saturated carbocycles. The Labute approximate surface area is 123 Å². The third-order valence-electron chi connectivity index (χ3n) is 4.52. The highest BCUT2D eigenvalue weighted by Crippen LogP contribution is 2.23. The van der Waals surface area contributed by atoms with Crippen LogP contribution in [0.4, 0.5) is 0 Å². The molecular weight excluding hydrogens is 246 g/mol. The van der Waals surface area contributed by atoms with Gasteiger partial charge in [0.1, 0.15) is 0 Å². The second kappa shape index (κ2) is 7.75. The highest BCUT2D eigenvalue weighted by atomic mass is 15.1. The summed E-state index contributed by atoms with van der Waals surface area (Å²) in [6.45, 7) is 6.53. The lowest BCUT2D eigenvalue weighted by Gasteiger charge is -2.35. The first-order valence-corrected chi connectivity index (χ1v) is 8.04. The van der Waals surface area contributed by atoms with Crippen molar-refractivity contribution < 1.29 is 0 Å². The van der Waals surface area contributed by atoms with Crippen LogP contribution in [-0.4, -0.2) is 35.6 Å². The number of rotatable bonds is 6. The first-order valence-electron chi connectivity index (χ1n) is 8.04. The van der Waals surface area contributed by atoms with Crippen molar-refractivity contribution in [2.45, 2.75) is 64.6 Å². The lowest BCUT2D eigenvalue weighted by Crippen LogP contribution is -2.40. The fraction of sp³-hybridized carbons (Fsp3) is 0.706. The first kappa shape index (κ1) is 15.5. The average molecular weight is 275 g/mol. The van der Waals surface area contributed by atoms with Crippen LogP contribution in [0.1, 0.15) is 50.3 Å². The van der Waals surface area contributed by atoms with E-state index in [1.54, 1.807) is 0 Å². The minimum Gasteiger partial charge on any atom is -0.314 e. The number of aromatic nitrogens is 1. The van der Waals surface area contributed by atoms with Crippen LogP contribution in [0.15, 0.2) is 18.3 Å². The summed E-state index contributed by atoms with van der Waals surface area (Å²) in [7, 11) is 2.25. The molecular formula is C17H29N3. The van der Waals surface area contributed by atoms with E-state index in [1.165, 1.54) is 43.4 Å². The van der Waals surface area contributed by atoms with Gasteiger partial charge in [-0.25, -0.2) is 0 Å². The standard InChI is InChI=1S/C17H29N3/c1-4-11-18-15-7-9-16(10-8-15)20(3)13-17-14(2)6-5-12-19-17/h5-6,12,15-16,18H,4,7-11,13H2,1-3H3. The van der Waals surface area contributed by atoms with Gasteiger partial charge in [-0.05, 0) is 64.3 Å². The quantitative estimate of drug-likeness (QED) is 0.864. The van der Waals surface area contributed by atoms with Crippen LogP contribution in [0.3, 0.4) is 0 Å². The molecule has 1 heterocycles. The summed E-state index contributed by atoms with van der Waals surface area (Å²) in [6, 6.07) is 5.64. The van der Waals surface area contributed by atoms with Crippen molar-refractivity contribution in [3.8, 4) is 0 Å². The van der Waals surface area contributed by atoms with Gasteiger partial charge >= 0.3 is 0 Å². The highest BCUT2D eigenvalue weighted by Gasteiger charge is 2.23. The van der Waals surface area contributed by atoms with E-state index >= 15 is 0 Å². The molecule has 0 atom stereocenters. The summed E-state index contributed by atoms with van der Waals surface area (Å²) in [5.74, 6) is 0. The molecule has 0 bridgehead atoms. The Bertz CT molecular complexity index is 397. The number of aryl methyl sites for hydroxylation is 1. The minimum absolute atomic E-state index is 0.719. The van der Waals surface area contributed by atoms with Gasteiger partial charge in [0, 0.05) is 24.8 Å². The van der Waals surface area contributed by atoms with Gasteiger partial charge in [0.25, 0.3) is 0 Å². The molecule has 1 aromatic rings. The number of hydrogen-bond acceptors (Lipinski definition) is 3. The largest absolute Gasteiger partial charge is 0.314 e. The van der Waals surface area contributed by atoms with Crippen molar-refractivity contribution >= 4 is 0 Å². The van der Waals surface area contributed by atoms with Crippen molar-refractivity contribution in [1.29, 1.82) is 0 Å². The summed E-state index contributed by atoms with van der Waals surface area (Å²) in [5.41, 5.74) is 2.53. The molecule has 0 radical (unpaired) electrons. The molecule has 0 aliphatic heterocycles. The third kappa shape index (κ3) is 4.29. The third-order valence-corrected chi connectivity index (χ3v) is 4.52. The lowest BCUT2D eigenvalue weighted by atomic mass is 9.90. The van der Waals surface area contributed by atoms with Crippen molar-refractivity contribution in [3.63, 3.8) is 0 Å². The maximum Gasteiger partial charge on any atom is 0.0573 e. The van der Waals surface area contributed by atoms with Gasteiger partial charge in [0.05, 0.1) is 5.69 Å². The Hall–Kier alpha value is -0.930. The Balaban J connectivity index is 1.80. The van der Waals surface area contributed by atoms with Gasteiger partial charge in [0.15, 0.2) is 0 Å². The fourth-order valence-electron chi connectivity index (χ4n) is 3.12.